The summed E-state index contributed by atoms with van der Waals surface area (Å²) in [6.45, 7) is 6.70. The van der Waals surface area contributed by atoms with Crippen LogP contribution in [0.15, 0.2) is 11.6 Å². The van der Waals surface area contributed by atoms with Crippen molar-refractivity contribution in [3.05, 3.63) is 11.6 Å². The zero-order chi connectivity index (χ0) is 18.7. The minimum atomic E-state index is -0.557. The SMILES string of the molecule is CCC(=O)O[C@H]1CO[C@H]2[C@@H]3[C@@H](O)C=C4C[C@@H](O)CC[C@]4(C)[C@H]3CC[C@]12C. The third-order valence-corrected chi connectivity index (χ3v) is 7.95. The van der Waals surface area contributed by atoms with Gasteiger partial charge in [0.25, 0.3) is 0 Å². The summed E-state index contributed by atoms with van der Waals surface area (Å²) in [6.07, 6.45) is 5.62. The van der Waals surface area contributed by atoms with Gasteiger partial charge in [0.05, 0.1) is 24.9 Å². The van der Waals surface area contributed by atoms with E-state index in [2.05, 4.69) is 13.8 Å². The van der Waals surface area contributed by atoms with Crippen LogP contribution >= 0.6 is 0 Å². The highest BCUT2D eigenvalue weighted by molar-refractivity contribution is 5.69. The van der Waals surface area contributed by atoms with Crippen LogP contribution in [0.5, 0.6) is 0 Å². The molecule has 0 bridgehead atoms. The zero-order valence-corrected chi connectivity index (χ0v) is 16.1. The average Bonchev–Trinajstić information content (AvgIpc) is 2.93. The smallest absolute Gasteiger partial charge is 0.305 e. The van der Waals surface area contributed by atoms with Crippen LogP contribution in [-0.4, -0.2) is 47.2 Å². The van der Waals surface area contributed by atoms with Crippen LogP contribution in [0.2, 0.25) is 0 Å². The van der Waals surface area contributed by atoms with Gasteiger partial charge in [0.1, 0.15) is 6.10 Å². The number of hydrogen-bond acceptors (Lipinski definition) is 5. The van der Waals surface area contributed by atoms with Gasteiger partial charge >= 0.3 is 5.97 Å². The number of aliphatic hydroxyl groups is 2. The minimum absolute atomic E-state index is 0.0306. The van der Waals surface area contributed by atoms with Gasteiger partial charge in [-0.25, -0.2) is 0 Å². The first-order valence-electron chi connectivity index (χ1n) is 10.2. The third kappa shape index (κ3) is 2.58. The van der Waals surface area contributed by atoms with E-state index in [-0.39, 0.29) is 41.0 Å². The second-order valence-electron chi connectivity index (χ2n) is 9.31. The van der Waals surface area contributed by atoms with E-state index in [4.69, 9.17) is 9.47 Å². The molecule has 2 N–H and O–H groups in total. The summed E-state index contributed by atoms with van der Waals surface area (Å²) in [5.41, 5.74) is 1.02. The number of esters is 1. The Morgan fingerprint density at radius 3 is 2.81 bits per heavy atom. The molecule has 5 heteroatoms. The van der Waals surface area contributed by atoms with Gasteiger partial charge in [0.2, 0.25) is 0 Å². The molecule has 8 atom stereocenters. The lowest BCUT2D eigenvalue weighted by molar-refractivity contribution is -0.158. The van der Waals surface area contributed by atoms with Gasteiger partial charge < -0.3 is 19.7 Å². The molecule has 26 heavy (non-hydrogen) atoms. The molecule has 0 unspecified atom stereocenters. The third-order valence-electron chi connectivity index (χ3n) is 7.95. The van der Waals surface area contributed by atoms with Gasteiger partial charge in [-0.1, -0.05) is 32.4 Å². The van der Waals surface area contributed by atoms with E-state index in [0.29, 0.717) is 25.4 Å². The predicted octanol–water partition coefficient (Wildman–Crippen LogP) is 2.59. The van der Waals surface area contributed by atoms with Crippen molar-refractivity contribution in [3.8, 4) is 0 Å². The van der Waals surface area contributed by atoms with E-state index < -0.39 is 6.10 Å². The molecular formula is C21H32O5. The van der Waals surface area contributed by atoms with Gasteiger partial charge in [-0.05, 0) is 43.4 Å². The van der Waals surface area contributed by atoms with Crippen molar-refractivity contribution in [3.63, 3.8) is 0 Å². The molecule has 2 saturated carbocycles. The molecule has 0 radical (unpaired) electrons. The van der Waals surface area contributed by atoms with E-state index in [9.17, 15) is 15.0 Å². The molecular weight excluding hydrogens is 332 g/mol. The lowest BCUT2D eigenvalue weighted by atomic mass is 9.49. The zero-order valence-electron chi connectivity index (χ0n) is 16.1. The van der Waals surface area contributed by atoms with Gasteiger partial charge in [-0.2, -0.15) is 0 Å². The summed E-state index contributed by atoms with van der Waals surface area (Å²) >= 11 is 0. The maximum atomic E-state index is 11.8. The van der Waals surface area contributed by atoms with Crippen LogP contribution in [0, 0.1) is 22.7 Å². The molecule has 3 aliphatic carbocycles. The lowest BCUT2D eigenvalue weighted by Gasteiger charge is -2.57. The maximum absolute atomic E-state index is 11.8. The van der Waals surface area contributed by atoms with E-state index in [1.54, 1.807) is 0 Å². The van der Waals surface area contributed by atoms with E-state index in [1.807, 2.05) is 13.0 Å². The summed E-state index contributed by atoms with van der Waals surface area (Å²) in [4.78, 5) is 11.8. The van der Waals surface area contributed by atoms with Crippen molar-refractivity contribution in [2.45, 2.75) is 83.7 Å². The number of carbonyl (C=O) groups excluding carboxylic acids is 1. The summed E-state index contributed by atoms with van der Waals surface area (Å²) < 4.78 is 11.9. The molecule has 4 rings (SSSR count). The Hall–Kier alpha value is -0.910. The van der Waals surface area contributed by atoms with Crippen molar-refractivity contribution in [1.29, 1.82) is 0 Å². The summed E-state index contributed by atoms with van der Waals surface area (Å²) in [6, 6.07) is 0. The normalized spacial score (nSPS) is 50.3. The number of hydrogen-bond donors (Lipinski definition) is 2. The monoisotopic (exact) mass is 364 g/mol. The molecule has 1 heterocycles. The number of carbonyl (C=O) groups is 1. The van der Waals surface area contributed by atoms with Crippen molar-refractivity contribution in [2.75, 3.05) is 6.61 Å². The minimum Gasteiger partial charge on any atom is -0.459 e. The maximum Gasteiger partial charge on any atom is 0.305 e. The van der Waals surface area contributed by atoms with Crippen LogP contribution in [0.3, 0.4) is 0 Å². The summed E-state index contributed by atoms with van der Waals surface area (Å²) in [5.74, 6) is 0.203. The second kappa shape index (κ2) is 6.32. The van der Waals surface area contributed by atoms with Gasteiger partial charge in [0, 0.05) is 17.8 Å². The fraction of sp³-hybridized carbons (Fsp3) is 0.857. The van der Waals surface area contributed by atoms with Crippen LogP contribution in [-0.2, 0) is 14.3 Å². The Labute approximate surface area is 155 Å². The largest absolute Gasteiger partial charge is 0.459 e. The molecule has 4 aliphatic rings. The quantitative estimate of drug-likeness (QED) is 0.582. The fourth-order valence-corrected chi connectivity index (χ4v) is 6.27. The van der Waals surface area contributed by atoms with Crippen LogP contribution < -0.4 is 0 Å². The summed E-state index contributed by atoms with van der Waals surface area (Å²) in [7, 11) is 0. The highest BCUT2D eigenvalue weighted by Gasteiger charge is 2.62. The van der Waals surface area contributed by atoms with E-state index in [1.165, 1.54) is 5.57 Å². The summed E-state index contributed by atoms with van der Waals surface area (Å²) in [5, 5.41) is 21.1. The molecule has 0 amide bonds. The Morgan fingerprint density at radius 1 is 1.31 bits per heavy atom. The molecule has 1 saturated heterocycles. The van der Waals surface area contributed by atoms with Crippen molar-refractivity contribution in [1.82, 2.24) is 0 Å². The highest BCUT2D eigenvalue weighted by Crippen LogP contribution is 2.62. The topological polar surface area (TPSA) is 76.0 Å². The van der Waals surface area contributed by atoms with Crippen LogP contribution in [0.4, 0.5) is 0 Å². The fourth-order valence-electron chi connectivity index (χ4n) is 6.27. The van der Waals surface area contributed by atoms with Crippen LogP contribution in [0.1, 0.15) is 59.3 Å². The Balaban J connectivity index is 1.64. The number of ether oxygens (including phenoxy) is 2. The molecule has 0 spiro atoms. The van der Waals surface area contributed by atoms with Gasteiger partial charge in [-0.3, -0.25) is 4.79 Å². The first-order chi connectivity index (χ1) is 12.3. The Morgan fingerprint density at radius 2 is 2.08 bits per heavy atom. The van der Waals surface area contributed by atoms with Crippen LogP contribution in [0.25, 0.3) is 0 Å². The standard InChI is InChI=1S/C21H32O5/c1-4-17(24)26-16-11-25-19-18-14(6-8-21(16,19)3)20(2)7-5-13(22)9-12(20)10-15(18)23/h10,13-16,18-19,22-23H,4-9,11H2,1-3H3/t13-,14-,15-,16-,18-,19-,20-,21+/m0/s1. The first kappa shape index (κ1) is 18.5. The van der Waals surface area contributed by atoms with E-state index >= 15 is 0 Å². The number of fused-ring (bicyclic) bond motifs is 5. The van der Waals surface area contributed by atoms with Crippen molar-refractivity contribution in [2.24, 2.45) is 22.7 Å². The lowest BCUT2D eigenvalue weighted by Crippen LogP contribution is -2.58. The Kier molecular flexibility index (Phi) is 4.48. The molecule has 0 aromatic carbocycles. The molecule has 1 aliphatic heterocycles. The van der Waals surface area contributed by atoms with Crippen molar-refractivity contribution < 1.29 is 24.5 Å². The van der Waals surface area contributed by atoms with Gasteiger partial charge in [0.15, 0.2) is 0 Å². The molecule has 0 aromatic heterocycles. The average molecular weight is 364 g/mol. The number of rotatable bonds is 2. The highest BCUT2D eigenvalue weighted by atomic mass is 16.6. The van der Waals surface area contributed by atoms with Crippen molar-refractivity contribution >= 4 is 5.97 Å². The molecule has 3 fully saturated rings. The molecule has 5 nitrogen and oxygen atoms in total. The molecule has 146 valence electrons. The van der Waals surface area contributed by atoms with E-state index in [0.717, 1.165) is 25.7 Å². The number of aliphatic hydroxyl groups excluding tert-OH is 2. The second-order valence-corrected chi connectivity index (χ2v) is 9.31. The Bertz CT molecular complexity index is 616. The predicted molar refractivity (Wildman–Crippen MR) is 96.3 cm³/mol. The first-order valence-corrected chi connectivity index (χ1v) is 10.2. The van der Waals surface area contributed by atoms with Gasteiger partial charge in [-0.15, -0.1) is 0 Å². The molecule has 0 aromatic rings.